The Morgan fingerprint density at radius 3 is 1.18 bits per heavy atom. The van der Waals surface area contributed by atoms with Gasteiger partial charge < -0.3 is 22.1 Å². The Morgan fingerprint density at radius 2 is 0.882 bits per heavy atom. The minimum Gasteiger partial charge on any atom is -0.368 e. The summed E-state index contributed by atoms with van der Waals surface area (Å²) in [7, 11) is 0. The van der Waals surface area contributed by atoms with Crippen LogP contribution in [0.2, 0.25) is 20.1 Å². The second-order valence-corrected chi connectivity index (χ2v) is 10.2. The highest BCUT2D eigenvalue weighted by Crippen LogP contribution is 2.19. The van der Waals surface area contributed by atoms with Crippen molar-refractivity contribution in [2.24, 2.45) is 0 Å². The molecule has 0 radical (unpaired) electrons. The van der Waals surface area contributed by atoms with E-state index in [4.69, 9.17) is 39.0 Å². The van der Waals surface area contributed by atoms with E-state index in [9.17, 15) is 0 Å². The van der Waals surface area contributed by atoms with Crippen molar-refractivity contribution in [1.29, 1.82) is 0 Å². The van der Waals surface area contributed by atoms with Gasteiger partial charge in [-0.2, -0.15) is 44.9 Å². The van der Waals surface area contributed by atoms with Gasteiger partial charge in [0.2, 0.25) is 33.7 Å². The summed E-state index contributed by atoms with van der Waals surface area (Å²) in [5.41, 5.74) is 6.33. The summed E-state index contributed by atoms with van der Waals surface area (Å²) < 4.78 is 21.6. The van der Waals surface area contributed by atoms with E-state index >= 15 is 0 Å². The molecule has 3 aromatic heterocycles. The molecule has 0 unspecified atom stereocenters. The summed E-state index contributed by atoms with van der Waals surface area (Å²) in [6.45, 7) is 2.02. The maximum absolute atomic E-state index is 7.20. The molecular formula is C15H18Cl3N13S3. The van der Waals surface area contributed by atoms with Crippen LogP contribution < -0.4 is 17.2 Å². The van der Waals surface area contributed by atoms with E-state index in [2.05, 4.69) is 66.9 Å². The Labute approximate surface area is 226 Å². The molecule has 0 saturated heterocycles. The number of hydrogen-bond donors (Lipinski definition) is 3. The molecule has 0 aromatic carbocycles. The summed E-state index contributed by atoms with van der Waals surface area (Å²) in [5, 5.41) is 1.24. The lowest BCUT2D eigenvalue weighted by Crippen LogP contribution is -2.31. The third-order valence-corrected chi connectivity index (χ3v) is 6.67. The molecule has 34 heavy (non-hydrogen) atoms. The topological polar surface area (TPSA) is 197 Å². The maximum atomic E-state index is 7.20. The molecule has 0 fully saturated rings. The Hall–Kier alpha value is -1.69. The first-order valence-electron chi connectivity index (χ1n) is 10.8. The number of nitrogen functional groups attached to an aromatic ring is 3. The van der Waals surface area contributed by atoms with E-state index in [1.54, 1.807) is 0 Å². The Kier molecular flexibility index (Phi) is 8.98. The van der Waals surface area contributed by atoms with Crippen LogP contribution in [0.4, 0.5) is 17.8 Å². The van der Waals surface area contributed by atoms with Crippen LogP contribution in [0.5, 0.6) is 0 Å². The Morgan fingerprint density at radius 1 is 0.559 bits per heavy atom. The lowest BCUT2D eigenvalue weighted by molar-refractivity contribution is 0.329. The highest BCUT2D eigenvalue weighted by molar-refractivity contribution is 7.99. The number of nitrogens with zero attached hydrogens (tertiary/aromatic N) is 10. The summed E-state index contributed by atoms with van der Waals surface area (Å²) in [5.74, 6) is 2.14. The van der Waals surface area contributed by atoms with Crippen molar-refractivity contribution >= 4 is 87.9 Å². The van der Waals surface area contributed by atoms with E-state index in [1.807, 2.05) is 0 Å². The fraction of sp³-hybridized carbons (Fsp3) is 0.400. The van der Waals surface area contributed by atoms with Gasteiger partial charge >= 0.3 is 0 Å². The molecular weight excluding hydrogens is 565 g/mol. The van der Waals surface area contributed by atoms with Crippen molar-refractivity contribution in [3.63, 3.8) is 0 Å². The highest BCUT2D eigenvalue weighted by atomic mass is 35.5. The van der Waals surface area contributed by atoms with Crippen LogP contribution in [-0.4, -0.2) is 86.6 Å². The van der Waals surface area contributed by atoms with Crippen LogP contribution in [0.1, 0.15) is 0 Å². The van der Waals surface area contributed by atoms with Gasteiger partial charge in [0.25, 0.3) is 0 Å². The van der Waals surface area contributed by atoms with Gasteiger partial charge in [-0.25, -0.2) is 0 Å². The smallest absolute Gasteiger partial charge is 0.228 e. The molecule has 0 bridgehead atoms. The van der Waals surface area contributed by atoms with Gasteiger partial charge in [0, 0.05) is 36.9 Å². The van der Waals surface area contributed by atoms with Crippen LogP contribution in [0.3, 0.4) is 0 Å². The number of aromatic nitrogens is 9. The molecule has 0 spiro atoms. The van der Waals surface area contributed by atoms with Crippen molar-refractivity contribution < 1.29 is 4.24 Å². The Balaban J connectivity index is 1.58. The second-order valence-electron chi connectivity index (χ2n) is 6.02. The van der Waals surface area contributed by atoms with Crippen LogP contribution in [0.25, 0.3) is 0 Å². The highest BCUT2D eigenvalue weighted by Gasteiger charge is 2.11. The van der Waals surface area contributed by atoms with Gasteiger partial charge in [-0.05, 0) is 34.8 Å². The summed E-state index contributed by atoms with van der Waals surface area (Å²) in [6, 6.07) is 0. The van der Waals surface area contributed by atoms with Crippen molar-refractivity contribution in [2.75, 3.05) is 54.1 Å². The second kappa shape index (κ2) is 13.4. The quantitative estimate of drug-likeness (QED) is 0.218. The molecule has 0 aliphatic heterocycles. The minimum absolute atomic E-state index is 0.00649. The van der Waals surface area contributed by atoms with Crippen LogP contribution in [0.15, 0.2) is 15.5 Å². The van der Waals surface area contributed by atoms with Crippen molar-refractivity contribution in [3.8, 4) is 0 Å². The molecule has 0 aliphatic carbocycles. The molecule has 0 atom stereocenters. The SMILES string of the molecule is [2H]Nc1nc(Cl)nc(SCCN(CCSc2nc(Cl)nc(N[2H])n2)CCSc2nc(Cl)nc(N[2H])n2)n1. The third kappa shape index (κ3) is 9.52. The van der Waals surface area contributed by atoms with Gasteiger partial charge in [-0.15, -0.1) is 0 Å². The fourth-order valence-corrected chi connectivity index (χ4v) is 5.46. The predicted molar refractivity (Wildman–Crippen MR) is 136 cm³/mol. The first-order valence-corrected chi connectivity index (χ1v) is 13.4. The van der Waals surface area contributed by atoms with Crippen molar-refractivity contribution in [3.05, 3.63) is 15.9 Å². The van der Waals surface area contributed by atoms with E-state index in [-0.39, 0.29) is 33.7 Å². The Bertz CT molecular complexity index is 1030. The first kappa shape index (κ1) is 22.8. The lowest BCUT2D eigenvalue weighted by atomic mass is 10.5. The largest absolute Gasteiger partial charge is 0.368 e. The monoisotopic (exact) mass is 584 g/mol. The summed E-state index contributed by atoms with van der Waals surface area (Å²) in [4.78, 5) is 38.2. The zero-order valence-electron chi connectivity index (χ0n) is 20.1. The van der Waals surface area contributed by atoms with Crippen molar-refractivity contribution in [1.82, 2.24) is 49.8 Å². The number of anilines is 3. The fourth-order valence-electron chi connectivity index (χ4n) is 2.32. The summed E-state index contributed by atoms with van der Waals surface area (Å²) in [6.07, 6.45) is 0. The molecule has 3 rings (SSSR count). The molecule has 0 amide bonds. The average Bonchev–Trinajstić information content (AvgIpc) is 2.87. The number of halogens is 3. The number of hydrogen-bond acceptors (Lipinski definition) is 16. The van der Waals surface area contributed by atoms with E-state index < -0.39 is 0 Å². The van der Waals surface area contributed by atoms with Gasteiger partial charge in [-0.1, -0.05) is 35.3 Å². The molecule has 13 nitrogen and oxygen atoms in total. The zero-order valence-corrected chi connectivity index (χ0v) is 21.8. The van der Waals surface area contributed by atoms with Gasteiger partial charge in [0.05, 0.1) is 0 Å². The predicted octanol–water partition coefficient (Wildman–Crippen LogP) is 1.93. The molecule has 0 aliphatic rings. The lowest BCUT2D eigenvalue weighted by Gasteiger charge is -2.21. The molecule has 3 heterocycles. The molecule has 0 saturated carbocycles. The number of thioether (sulfide) groups is 3. The molecule has 6 N–H and O–H groups in total. The van der Waals surface area contributed by atoms with Gasteiger partial charge in [-0.3, -0.25) is 0 Å². The van der Waals surface area contributed by atoms with Gasteiger partial charge in [0.15, 0.2) is 19.7 Å². The molecule has 3 aromatic rings. The van der Waals surface area contributed by atoms with Gasteiger partial charge in [0.1, 0.15) is 0 Å². The van der Waals surface area contributed by atoms with E-state index in [0.29, 0.717) is 52.4 Å². The first-order chi connectivity index (χ1) is 17.9. The molecule has 182 valence electrons. The molecule has 19 heteroatoms. The average molecular weight is 586 g/mol. The standard InChI is InChI=1S/C15H18Cl3N13S3/c16-7-22-10(19)28-13(25-7)32-4-1-31(2-5-33-14-26-8(17)23-11(20)29-14)3-6-34-15-27-9(18)24-12(21)30-15/h1-6H2,(H2,19,22,25,28)(H2,20,23,26,29)(H2,21,24,27,30)/i/hD3. The minimum atomic E-state index is 0.00649. The third-order valence-electron chi connectivity index (χ3n) is 3.68. The van der Waals surface area contributed by atoms with Crippen LogP contribution >= 0.6 is 70.1 Å². The van der Waals surface area contributed by atoms with Crippen LogP contribution in [-0.2, 0) is 0 Å². The maximum Gasteiger partial charge on any atom is 0.228 e. The van der Waals surface area contributed by atoms with E-state index in [0.717, 1.165) is 0 Å². The van der Waals surface area contributed by atoms with E-state index in [1.165, 1.54) is 35.3 Å². The number of nitrogens with two attached hydrogens (primary N) is 3. The number of rotatable bonds is 15. The summed E-state index contributed by atoms with van der Waals surface area (Å²) >= 11 is 21.8. The van der Waals surface area contributed by atoms with Crippen molar-refractivity contribution in [2.45, 2.75) is 15.5 Å². The van der Waals surface area contributed by atoms with Crippen LogP contribution in [0, 0.1) is 0 Å². The normalized spacial score (nSPS) is 12.2. The zero-order chi connectivity index (χ0) is 26.6.